The van der Waals surface area contributed by atoms with Crippen molar-refractivity contribution in [3.63, 3.8) is 0 Å². The number of aryl methyl sites for hydroxylation is 1. The fraction of sp³-hybridized carbons (Fsp3) is 0.333. The second kappa shape index (κ2) is 10.4. The number of amides is 2. The quantitative estimate of drug-likeness (QED) is 0.483. The molecule has 0 aliphatic carbocycles. The van der Waals surface area contributed by atoms with Crippen LogP contribution in [0.25, 0.3) is 10.1 Å². The van der Waals surface area contributed by atoms with Gasteiger partial charge >= 0.3 is 0 Å². The van der Waals surface area contributed by atoms with Gasteiger partial charge in [0, 0.05) is 16.4 Å². The number of hydrogen-bond acceptors (Lipinski definition) is 4. The SMILES string of the molecule is CN[C@@H](C)C(=O)NC(C)CCc1ccccc1N(C=O)Cc1csc2ccccc12. The number of nitrogens with zero attached hydrogens (tertiary/aromatic N) is 1. The molecule has 1 unspecified atom stereocenters. The average molecular weight is 424 g/mol. The van der Waals surface area contributed by atoms with Gasteiger partial charge in [-0.15, -0.1) is 11.3 Å². The monoisotopic (exact) mass is 423 g/mol. The summed E-state index contributed by atoms with van der Waals surface area (Å²) < 4.78 is 1.23. The first-order valence-corrected chi connectivity index (χ1v) is 11.1. The van der Waals surface area contributed by atoms with Crippen molar-refractivity contribution in [1.82, 2.24) is 10.6 Å². The van der Waals surface area contributed by atoms with Gasteiger partial charge in [-0.1, -0.05) is 36.4 Å². The number of benzene rings is 2. The zero-order valence-corrected chi connectivity index (χ0v) is 18.5. The predicted octanol–water partition coefficient (Wildman–Crippen LogP) is 4.11. The Kier molecular flexibility index (Phi) is 7.60. The van der Waals surface area contributed by atoms with E-state index in [1.54, 1.807) is 23.3 Å². The lowest BCUT2D eigenvalue weighted by atomic mass is 10.0. The Labute approximate surface area is 182 Å². The van der Waals surface area contributed by atoms with Crippen molar-refractivity contribution >= 4 is 39.4 Å². The molecular formula is C24H29N3O2S. The standard InChI is InChI=1S/C24H29N3O2S/c1-17(26-24(29)18(2)25-3)12-13-19-8-4-6-10-22(19)27(16-28)14-20-15-30-23-11-7-5-9-21(20)23/h4-11,15-18,25H,12-14H2,1-3H3,(H,26,29)/t17?,18-/m0/s1. The van der Waals surface area contributed by atoms with Crippen LogP contribution in [0.4, 0.5) is 5.69 Å². The molecular weight excluding hydrogens is 394 g/mol. The fourth-order valence-corrected chi connectivity index (χ4v) is 4.42. The molecule has 3 aromatic rings. The molecule has 2 amide bonds. The molecule has 0 saturated heterocycles. The first-order valence-electron chi connectivity index (χ1n) is 10.3. The molecule has 0 aliphatic rings. The van der Waals surface area contributed by atoms with E-state index in [0.29, 0.717) is 6.54 Å². The third kappa shape index (κ3) is 5.26. The molecule has 2 N–H and O–H groups in total. The third-order valence-electron chi connectivity index (χ3n) is 5.39. The highest BCUT2D eigenvalue weighted by Crippen LogP contribution is 2.29. The first-order chi connectivity index (χ1) is 14.5. The summed E-state index contributed by atoms with van der Waals surface area (Å²) in [5.74, 6) is -0.00265. The summed E-state index contributed by atoms with van der Waals surface area (Å²) in [6, 6.07) is 16.1. The minimum atomic E-state index is -0.217. The van der Waals surface area contributed by atoms with Gasteiger partial charge in [-0.25, -0.2) is 0 Å². The zero-order chi connectivity index (χ0) is 21.5. The average Bonchev–Trinajstić information content (AvgIpc) is 3.18. The van der Waals surface area contributed by atoms with Crippen LogP contribution in [-0.4, -0.2) is 31.4 Å². The molecule has 0 radical (unpaired) electrons. The number of carbonyl (C=O) groups is 2. The van der Waals surface area contributed by atoms with Gasteiger partial charge in [0.25, 0.3) is 0 Å². The third-order valence-corrected chi connectivity index (χ3v) is 6.40. The Morgan fingerprint density at radius 2 is 1.83 bits per heavy atom. The maximum atomic E-state index is 12.1. The molecule has 0 fully saturated rings. The van der Waals surface area contributed by atoms with E-state index in [-0.39, 0.29) is 18.0 Å². The second-order valence-corrected chi connectivity index (χ2v) is 8.49. The van der Waals surface area contributed by atoms with Gasteiger partial charge in [-0.05, 0) is 67.8 Å². The summed E-state index contributed by atoms with van der Waals surface area (Å²) in [5, 5.41) is 9.31. The maximum Gasteiger partial charge on any atom is 0.237 e. The summed E-state index contributed by atoms with van der Waals surface area (Å²) in [6.45, 7) is 4.39. The Hall–Kier alpha value is -2.70. The van der Waals surface area contributed by atoms with E-state index < -0.39 is 0 Å². The van der Waals surface area contributed by atoms with E-state index >= 15 is 0 Å². The topological polar surface area (TPSA) is 61.4 Å². The summed E-state index contributed by atoms with van der Waals surface area (Å²) in [7, 11) is 1.77. The smallest absolute Gasteiger partial charge is 0.237 e. The van der Waals surface area contributed by atoms with Crippen LogP contribution in [0, 0.1) is 0 Å². The van der Waals surface area contributed by atoms with Crippen molar-refractivity contribution in [2.24, 2.45) is 0 Å². The summed E-state index contributed by atoms with van der Waals surface area (Å²) >= 11 is 1.70. The van der Waals surface area contributed by atoms with E-state index in [1.807, 2.05) is 44.2 Å². The van der Waals surface area contributed by atoms with E-state index in [0.717, 1.165) is 36.1 Å². The van der Waals surface area contributed by atoms with Gasteiger partial charge in [-0.3, -0.25) is 9.59 Å². The number of carbonyl (C=O) groups excluding carboxylic acids is 2. The highest BCUT2D eigenvalue weighted by molar-refractivity contribution is 7.17. The highest BCUT2D eigenvalue weighted by Gasteiger charge is 2.16. The van der Waals surface area contributed by atoms with Gasteiger partial charge < -0.3 is 15.5 Å². The van der Waals surface area contributed by atoms with Crippen LogP contribution in [0.15, 0.2) is 53.9 Å². The van der Waals surface area contributed by atoms with Gasteiger partial charge in [0.2, 0.25) is 12.3 Å². The van der Waals surface area contributed by atoms with E-state index in [1.165, 1.54) is 10.1 Å². The van der Waals surface area contributed by atoms with Crippen molar-refractivity contribution in [3.8, 4) is 0 Å². The van der Waals surface area contributed by atoms with Gasteiger partial charge in [-0.2, -0.15) is 0 Å². The lowest BCUT2D eigenvalue weighted by Gasteiger charge is -2.22. The number of hydrogen-bond donors (Lipinski definition) is 2. The summed E-state index contributed by atoms with van der Waals surface area (Å²) in [5.41, 5.74) is 3.18. The van der Waals surface area contributed by atoms with Crippen LogP contribution in [0.1, 0.15) is 31.4 Å². The maximum absolute atomic E-state index is 12.1. The summed E-state index contributed by atoms with van der Waals surface area (Å²) in [6.07, 6.45) is 2.48. The molecule has 6 heteroatoms. The normalized spacial score (nSPS) is 13.0. The number of likely N-dealkylation sites (N-methyl/N-ethyl adjacent to an activating group) is 1. The summed E-state index contributed by atoms with van der Waals surface area (Å²) in [4.78, 5) is 25.8. The second-order valence-electron chi connectivity index (χ2n) is 7.58. The lowest BCUT2D eigenvalue weighted by Crippen LogP contribution is -2.44. The number of fused-ring (bicyclic) bond motifs is 1. The predicted molar refractivity (Wildman–Crippen MR) is 125 cm³/mol. The molecule has 0 spiro atoms. The molecule has 2 aromatic carbocycles. The van der Waals surface area contributed by atoms with Crippen molar-refractivity contribution < 1.29 is 9.59 Å². The van der Waals surface area contributed by atoms with Gasteiger partial charge in [0.1, 0.15) is 0 Å². The number of anilines is 1. The molecule has 3 rings (SSSR count). The van der Waals surface area contributed by atoms with E-state index in [4.69, 9.17) is 0 Å². The zero-order valence-electron chi connectivity index (χ0n) is 17.7. The van der Waals surface area contributed by atoms with Crippen molar-refractivity contribution in [2.45, 2.75) is 45.3 Å². The first kappa shape index (κ1) is 22.0. The Morgan fingerprint density at radius 1 is 1.10 bits per heavy atom. The fourth-order valence-electron chi connectivity index (χ4n) is 3.46. The van der Waals surface area contributed by atoms with E-state index in [9.17, 15) is 9.59 Å². The largest absolute Gasteiger partial charge is 0.352 e. The van der Waals surface area contributed by atoms with Crippen LogP contribution >= 0.6 is 11.3 Å². The van der Waals surface area contributed by atoms with Crippen LogP contribution < -0.4 is 15.5 Å². The van der Waals surface area contributed by atoms with Crippen LogP contribution in [0.5, 0.6) is 0 Å². The van der Waals surface area contributed by atoms with Crippen molar-refractivity contribution in [2.75, 3.05) is 11.9 Å². The molecule has 1 aromatic heterocycles. The van der Waals surface area contributed by atoms with Crippen molar-refractivity contribution in [3.05, 3.63) is 65.0 Å². The van der Waals surface area contributed by atoms with Crippen LogP contribution in [0.3, 0.4) is 0 Å². The van der Waals surface area contributed by atoms with Crippen LogP contribution in [0.2, 0.25) is 0 Å². The molecule has 1 heterocycles. The molecule has 0 saturated carbocycles. The minimum Gasteiger partial charge on any atom is -0.352 e. The van der Waals surface area contributed by atoms with Gasteiger partial charge in [0.15, 0.2) is 0 Å². The number of para-hydroxylation sites is 1. The minimum absolute atomic E-state index is 0.00265. The number of thiophene rings is 1. The Morgan fingerprint density at radius 3 is 2.60 bits per heavy atom. The highest BCUT2D eigenvalue weighted by atomic mass is 32.1. The van der Waals surface area contributed by atoms with E-state index in [2.05, 4.69) is 34.2 Å². The molecule has 0 bridgehead atoms. The Balaban J connectivity index is 1.71. The Bertz CT molecular complexity index is 1000. The molecule has 30 heavy (non-hydrogen) atoms. The molecule has 158 valence electrons. The molecule has 5 nitrogen and oxygen atoms in total. The van der Waals surface area contributed by atoms with Crippen LogP contribution in [-0.2, 0) is 22.6 Å². The number of rotatable bonds is 10. The van der Waals surface area contributed by atoms with Gasteiger partial charge in [0.05, 0.1) is 12.6 Å². The lowest BCUT2D eigenvalue weighted by molar-refractivity contribution is -0.123. The molecule has 2 atom stereocenters. The number of nitrogens with one attached hydrogen (secondary N) is 2. The van der Waals surface area contributed by atoms with Crippen molar-refractivity contribution in [1.29, 1.82) is 0 Å². The molecule has 0 aliphatic heterocycles.